The van der Waals surface area contributed by atoms with Crippen molar-refractivity contribution in [2.45, 2.75) is 45.1 Å². The molecule has 11 heteroatoms. The van der Waals surface area contributed by atoms with E-state index in [0.717, 1.165) is 17.8 Å². The number of aliphatic hydroxyl groups excluding tert-OH is 1. The Morgan fingerprint density at radius 1 is 1.31 bits per heavy atom. The van der Waals surface area contributed by atoms with E-state index in [1.165, 1.54) is 34.1 Å². The van der Waals surface area contributed by atoms with E-state index in [0.29, 0.717) is 24.5 Å². The number of β-amino-alcohol motifs (C(OH)–C–C–N with tert-alkyl or cyclic N) is 1. The summed E-state index contributed by atoms with van der Waals surface area (Å²) in [6, 6.07) is 2.98. The lowest BCUT2D eigenvalue weighted by molar-refractivity contribution is -0.297. The van der Waals surface area contributed by atoms with Gasteiger partial charge in [-0.2, -0.15) is 0 Å². The van der Waals surface area contributed by atoms with Crippen LogP contribution in [0.5, 0.6) is 0 Å². The van der Waals surface area contributed by atoms with Gasteiger partial charge in [-0.3, -0.25) is 19.3 Å². The summed E-state index contributed by atoms with van der Waals surface area (Å²) < 4.78 is 1.25. The van der Waals surface area contributed by atoms with Crippen molar-refractivity contribution in [1.29, 1.82) is 0 Å². The number of rotatable bonds is 5. The molecule has 3 aromatic heterocycles. The Morgan fingerprint density at radius 3 is 2.74 bits per heavy atom. The van der Waals surface area contributed by atoms with E-state index in [4.69, 9.17) is 0 Å². The molecule has 4 rings (SSSR count). The third-order valence-electron chi connectivity index (χ3n) is 5.68. The second-order valence-electron chi connectivity index (χ2n) is 9.43. The topological polar surface area (TPSA) is 140 Å². The minimum absolute atomic E-state index is 0.0653. The number of aliphatic hydroxyl groups is 1. The fourth-order valence-corrected chi connectivity index (χ4v) is 4.74. The highest BCUT2D eigenvalue weighted by molar-refractivity contribution is 7.14. The van der Waals surface area contributed by atoms with Gasteiger partial charge in [0, 0.05) is 35.6 Å². The molecule has 10 nitrogen and oxygen atoms in total. The monoisotopic (exact) mass is 496 g/mol. The number of hydrogen-bond donors (Lipinski definition) is 2. The largest absolute Gasteiger partial charge is 0.545 e. The van der Waals surface area contributed by atoms with Gasteiger partial charge in [-0.1, -0.05) is 20.8 Å². The van der Waals surface area contributed by atoms with Crippen LogP contribution in [-0.4, -0.2) is 50.5 Å². The third-order valence-corrected chi connectivity index (χ3v) is 6.44. The summed E-state index contributed by atoms with van der Waals surface area (Å²) in [4.78, 5) is 47.9. The molecule has 0 radical (unpaired) electrons. The summed E-state index contributed by atoms with van der Waals surface area (Å²) in [5.41, 5.74) is 0.800. The van der Waals surface area contributed by atoms with Gasteiger partial charge in [0.2, 0.25) is 0 Å². The summed E-state index contributed by atoms with van der Waals surface area (Å²) in [5.74, 6) is -1.59. The summed E-state index contributed by atoms with van der Waals surface area (Å²) in [5, 5.41) is 26.2. The van der Waals surface area contributed by atoms with E-state index < -0.39 is 23.5 Å². The molecule has 3 aromatic rings. The van der Waals surface area contributed by atoms with Gasteiger partial charge < -0.3 is 19.9 Å². The van der Waals surface area contributed by atoms with E-state index in [1.54, 1.807) is 4.90 Å². The smallest absolute Gasteiger partial charge is 0.267 e. The molecule has 0 aromatic carbocycles. The van der Waals surface area contributed by atoms with E-state index in [-0.39, 0.29) is 34.6 Å². The molecule has 2 N–H and O–H groups in total. The number of pyridine rings is 1. The van der Waals surface area contributed by atoms with Gasteiger partial charge in [0.05, 0.1) is 23.3 Å². The maximum absolute atomic E-state index is 13.2. The predicted molar refractivity (Wildman–Crippen MR) is 132 cm³/mol. The number of carbonyl (C=O) groups is 2. The van der Waals surface area contributed by atoms with Gasteiger partial charge in [-0.15, -0.1) is 11.3 Å². The van der Waals surface area contributed by atoms with Crippen molar-refractivity contribution in [2.24, 2.45) is 0 Å². The van der Waals surface area contributed by atoms with Gasteiger partial charge in [-0.05, 0) is 37.1 Å². The first-order valence-corrected chi connectivity index (χ1v) is 12.1. The highest BCUT2D eigenvalue weighted by Gasteiger charge is 2.24. The molecule has 1 saturated heterocycles. The van der Waals surface area contributed by atoms with Crippen molar-refractivity contribution in [1.82, 2.24) is 14.4 Å². The average Bonchev–Trinajstić information content (AvgIpc) is 3.27. The first-order chi connectivity index (χ1) is 16.5. The molecule has 1 aliphatic heterocycles. The SMILES string of the molecule is CC(C)(C)c1csc(NC(=O)c2ccn3c(=O)c(/C=C/C(=O)[O-])c(N4CCCC(O)C4)nc3c2)n1. The Kier molecular flexibility index (Phi) is 6.73. The molecule has 1 fully saturated rings. The van der Waals surface area contributed by atoms with Crippen molar-refractivity contribution in [3.8, 4) is 0 Å². The normalized spacial score (nSPS) is 16.7. The van der Waals surface area contributed by atoms with Crippen molar-refractivity contribution < 1.29 is 19.8 Å². The van der Waals surface area contributed by atoms with E-state index in [2.05, 4.69) is 15.3 Å². The standard InChI is InChI=1S/C24H27N5O5S/c1-24(2,3)17-13-35-23(25-17)27-21(33)14-8-10-29-18(11-14)26-20(28-9-4-5-15(30)12-28)16(22(29)34)6-7-19(31)32/h6-8,10-11,13,15,30H,4-5,9,12H2,1-3H3,(H,31,32)(H,25,27,33)/p-1/b7-6+. The molecule has 4 heterocycles. The Labute approximate surface area is 205 Å². The number of anilines is 2. The van der Waals surface area contributed by atoms with Crippen molar-refractivity contribution in [3.63, 3.8) is 0 Å². The van der Waals surface area contributed by atoms with Crippen LogP contribution in [0.4, 0.5) is 10.9 Å². The number of thiazole rings is 1. The van der Waals surface area contributed by atoms with Crippen molar-refractivity contribution >= 4 is 45.9 Å². The average molecular weight is 497 g/mol. The van der Waals surface area contributed by atoms with Crippen LogP contribution in [0.15, 0.2) is 34.6 Å². The fraction of sp³-hybridized carbons (Fsp3) is 0.375. The Bertz CT molecular complexity index is 1370. The quantitative estimate of drug-likeness (QED) is 0.506. The lowest BCUT2D eigenvalue weighted by Crippen LogP contribution is -2.40. The molecule has 1 unspecified atom stereocenters. The molecule has 35 heavy (non-hydrogen) atoms. The summed E-state index contributed by atoms with van der Waals surface area (Å²) in [6.07, 6.45) is 4.09. The Hall–Kier alpha value is -3.57. The first kappa shape index (κ1) is 24.6. The molecule has 1 aliphatic rings. The Balaban J connectivity index is 1.72. The molecule has 1 atom stereocenters. The number of carbonyl (C=O) groups excluding carboxylic acids is 2. The molecular formula is C24H26N5O5S-. The molecule has 0 bridgehead atoms. The van der Waals surface area contributed by atoms with Crippen LogP contribution >= 0.6 is 11.3 Å². The maximum Gasteiger partial charge on any atom is 0.267 e. The molecule has 0 saturated carbocycles. The number of nitrogens with zero attached hydrogens (tertiary/aromatic N) is 4. The Morgan fingerprint density at radius 2 is 2.09 bits per heavy atom. The lowest BCUT2D eigenvalue weighted by atomic mass is 9.93. The van der Waals surface area contributed by atoms with Gasteiger partial charge in [0.25, 0.3) is 11.5 Å². The van der Waals surface area contributed by atoms with Gasteiger partial charge in [0.15, 0.2) is 5.13 Å². The number of fused-ring (bicyclic) bond motifs is 1. The van der Waals surface area contributed by atoms with Gasteiger partial charge in [0.1, 0.15) is 11.5 Å². The lowest BCUT2D eigenvalue weighted by Gasteiger charge is -2.32. The number of aliphatic carboxylic acids is 1. The fourth-order valence-electron chi connectivity index (χ4n) is 3.81. The summed E-state index contributed by atoms with van der Waals surface area (Å²) >= 11 is 1.33. The number of carboxylic acid groups (broad SMARTS) is 1. The number of carboxylic acids is 1. The number of hydrogen-bond acceptors (Lipinski definition) is 9. The number of aromatic nitrogens is 3. The van der Waals surface area contributed by atoms with Crippen LogP contribution in [0.1, 0.15) is 55.2 Å². The second-order valence-corrected chi connectivity index (χ2v) is 10.3. The highest BCUT2D eigenvalue weighted by Crippen LogP contribution is 2.27. The summed E-state index contributed by atoms with van der Waals surface area (Å²) in [7, 11) is 0. The van der Waals surface area contributed by atoms with Gasteiger partial charge in [-0.25, -0.2) is 9.97 Å². The first-order valence-electron chi connectivity index (χ1n) is 11.2. The third kappa shape index (κ3) is 5.41. The number of amides is 1. The van der Waals surface area contributed by atoms with Crippen molar-refractivity contribution in [3.05, 3.63) is 57.0 Å². The summed E-state index contributed by atoms with van der Waals surface area (Å²) in [6.45, 7) is 6.92. The molecule has 184 valence electrons. The predicted octanol–water partition coefficient (Wildman–Crippen LogP) is 1.42. The van der Waals surface area contributed by atoms with E-state index >= 15 is 0 Å². The van der Waals surface area contributed by atoms with E-state index in [1.807, 2.05) is 26.2 Å². The molecule has 1 amide bonds. The minimum Gasteiger partial charge on any atom is -0.545 e. The number of piperidine rings is 1. The molecular weight excluding hydrogens is 470 g/mol. The van der Waals surface area contributed by atoms with Crippen LogP contribution in [0.2, 0.25) is 0 Å². The zero-order valence-electron chi connectivity index (χ0n) is 19.6. The second kappa shape index (κ2) is 9.59. The minimum atomic E-state index is -1.44. The highest BCUT2D eigenvalue weighted by atomic mass is 32.1. The van der Waals surface area contributed by atoms with Crippen molar-refractivity contribution in [2.75, 3.05) is 23.3 Å². The van der Waals surface area contributed by atoms with Crippen LogP contribution in [0.3, 0.4) is 0 Å². The maximum atomic E-state index is 13.2. The van der Waals surface area contributed by atoms with Gasteiger partial charge >= 0.3 is 0 Å². The van der Waals surface area contributed by atoms with Crippen LogP contribution in [0, 0.1) is 0 Å². The molecule has 0 spiro atoms. The van der Waals surface area contributed by atoms with Crippen LogP contribution < -0.4 is 20.9 Å². The van der Waals surface area contributed by atoms with Crippen LogP contribution in [-0.2, 0) is 10.2 Å². The zero-order chi connectivity index (χ0) is 25.3. The molecule has 0 aliphatic carbocycles. The van der Waals surface area contributed by atoms with E-state index in [9.17, 15) is 24.6 Å². The van der Waals surface area contributed by atoms with Crippen LogP contribution in [0.25, 0.3) is 11.7 Å². The number of nitrogens with one attached hydrogen (secondary N) is 1. The zero-order valence-corrected chi connectivity index (χ0v) is 20.5.